The fourth-order valence-corrected chi connectivity index (χ4v) is 6.12. The van der Waals surface area contributed by atoms with E-state index in [0.29, 0.717) is 31.1 Å². The average molecular weight is 575 g/mol. The molecule has 9 nitrogen and oxygen atoms in total. The molecular weight excluding hydrogens is 520 g/mol. The lowest BCUT2D eigenvalue weighted by molar-refractivity contribution is -0.152. The van der Waals surface area contributed by atoms with Crippen molar-refractivity contribution in [2.75, 3.05) is 26.7 Å². The first-order valence-corrected chi connectivity index (χ1v) is 15.8. The normalized spacial score (nSPS) is 23.6. The van der Waals surface area contributed by atoms with Gasteiger partial charge in [0.2, 0.25) is 17.7 Å². The Labute approximate surface area is 247 Å². The quantitative estimate of drug-likeness (QED) is 0.282. The van der Waals surface area contributed by atoms with Crippen LogP contribution in [0, 0.1) is 17.8 Å². The van der Waals surface area contributed by atoms with Gasteiger partial charge >= 0.3 is 5.97 Å². The van der Waals surface area contributed by atoms with E-state index in [-0.39, 0.29) is 53.7 Å². The Morgan fingerprint density at radius 3 is 2.15 bits per heavy atom. The number of likely N-dealkylation sites (tertiary alicyclic amines) is 2. The Kier molecular flexibility index (Phi) is 11.8. The second-order valence-corrected chi connectivity index (χ2v) is 13.3. The number of ether oxygens (including phenoxy) is 1. The molecule has 3 fully saturated rings. The lowest BCUT2D eigenvalue weighted by Gasteiger charge is -2.39. The highest BCUT2D eigenvalue weighted by molar-refractivity contribution is 5.96. The Morgan fingerprint density at radius 2 is 1.56 bits per heavy atom. The molecule has 2 aliphatic heterocycles. The standard InChI is InChI=1S/C32H54N4O5/c1-20(2)27(18-23(7)30(38)36-17-11-13-26(36)32(40)41-19-24-14-15-24)34(8)31(39)28(21(3)4)33-29(37)25-12-9-10-16-35(25)22(5)6/h18,20-22,24-28H,9-17,19H2,1-8H3,(H,33,37)/b23-18+/t25-,26?,27-,28?/m1/s1. The summed E-state index contributed by atoms with van der Waals surface area (Å²) in [6.45, 7) is 15.7. The first-order valence-electron chi connectivity index (χ1n) is 15.8. The molecule has 9 heteroatoms. The van der Waals surface area contributed by atoms with Crippen molar-refractivity contribution in [1.29, 1.82) is 0 Å². The lowest BCUT2D eigenvalue weighted by atomic mass is 9.95. The molecule has 1 saturated carbocycles. The summed E-state index contributed by atoms with van der Waals surface area (Å²) in [6.07, 6.45) is 8.30. The summed E-state index contributed by atoms with van der Waals surface area (Å²) >= 11 is 0. The number of nitrogens with zero attached hydrogens (tertiary/aromatic N) is 3. The molecule has 2 saturated heterocycles. The van der Waals surface area contributed by atoms with Crippen LogP contribution >= 0.6 is 0 Å². The molecule has 1 N–H and O–H groups in total. The van der Waals surface area contributed by atoms with Crippen LogP contribution in [0.15, 0.2) is 11.6 Å². The first-order chi connectivity index (χ1) is 19.3. The van der Waals surface area contributed by atoms with E-state index >= 15 is 0 Å². The molecular formula is C32H54N4O5. The summed E-state index contributed by atoms with van der Waals surface area (Å²) in [5.74, 6) is -0.356. The molecule has 41 heavy (non-hydrogen) atoms. The second-order valence-electron chi connectivity index (χ2n) is 13.3. The van der Waals surface area contributed by atoms with Crippen LogP contribution in [0.1, 0.15) is 93.4 Å². The summed E-state index contributed by atoms with van der Waals surface area (Å²) in [6, 6.07) is -1.54. The van der Waals surface area contributed by atoms with Gasteiger partial charge in [0.05, 0.1) is 18.7 Å². The molecule has 2 unspecified atom stereocenters. The molecule has 3 aliphatic rings. The average Bonchev–Trinajstić information content (AvgIpc) is 3.64. The van der Waals surface area contributed by atoms with Gasteiger partial charge in [-0.15, -0.1) is 0 Å². The molecule has 0 spiro atoms. The van der Waals surface area contributed by atoms with Crippen LogP contribution in [-0.4, -0.2) is 95.3 Å². The fourth-order valence-electron chi connectivity index (χ4n) is 6.12. The molecule has 1 aliphatic carbocycles. The molecule has 4 atom stereocenters. The first kappa shape index (κ1) is 33.1. The summed E-state index contributed by atoms with van der Waals surface area (Å²) < 4.78 is 5.50. The van der Waals surface area contributed by atoms with Crippen LogP contribution < -0.4 is 5.32 Å². The summed E-state index contributed by atoms with van der Waals surface area (Å²) in [4.78, 5) is 59.0. The minimum atomic E-state index is -0.668. The molecule has 3 amide bonds. The number of rotatable bonds is 12. The predicted octanol–water partition coefficient (Wildman–Crippen LogP) is 3.76. The van der Waals surface area contributed by atoms with Crippen molar-refractivity contribution in [3.05, 3.63) is 11.6 Å². The van der Waals surface area contributed by atoms with E-state index in [9.17, 15) is 19.2 Å². The van der Waals surface area contributed by atoms with E-state index in [4.69, 9.17) is 4.74 Å². The van der Waals surface area contributed by atoms with Crippen molar-refractivity contribution in [2.24, 2.45) is 17.8 Å². The molecule has 2 heterocycles. The van der Waals surface area contributed by atoms with Crippen molar-refractivity contribution in [1.82, 2.24) is 20.0 Å². The van der Waals surface area contributed by atoms with Gasteiger partial charge in [0.1, 0.15) is 12.1 Å². The van der Waals surface area contributed by atoms with Crippen LogP contribution in [-0.2, 0) is 23.9 Å². The number of piperidine rings is 1. The van der Waals surface area contributed by atoms with Crippen molar-refractivity contribution in [3.8, 4) is 0 Å². The van der Waals surface area contributed by atoms with E-state index in [1.54, 1.807) is 23.8 Å². The monoisotopic (exact) mass is 574 g/mol. The zero-order valence-corrected chi connectivity index (χ0v) is 26.7. The minimum Gasteiger partial charge on any atom is -0.464 e. The number of hydrogen-bond acceptors (Lipinski definition) is 6. The topological polar surface area (TPSA) is 99.3 Å². The van der Waals surface area contributed by atoms with Gasteiger partial charge in [-0.2, -0.15) is 0 Å². The van der Waals surface area contributed by atoms with Gasteiger partial charge in [0.15, 0.2) is 0 Å². The number of hydrogen-bond donors (Lipinski definition) is 1. The molecule has 0 radical (unpaired) electrons. The Hall–Kier alpha value is -2.42. The van der Waals surface area contributed by atoms with Crippen molar-refractivity contribution >= 4 is 23.7 Å². The van der Waals surface area contributed by atoms with E-state index in [2.05, 4.69) is 24.1 Å². The number of carbonyl (C=O) groups excluding carboxylic acids is 4. The predicted molar refractivity (Wildman–Crippen MR) is 160 cm³/mol. The van der Waals surface area contributed by atoms with Gasteiger partial charge in [0.25, 0.3) is 0 Å². The highest BCUT2D eigenvalue weighted by atomic mass is 16.5. The molecule has 232 valence electrons. The number of nitrogens with one attached hydrogen (secondary N) is 1. The number of carbonyl (C=O) groups is 4. The van der Waals surface area contributed by atoms with Gasteiger partial charge in [-0.25, -0.2) is 4.79 Å². The van der Waals surface area contributed by atoms with Crippen molar-refractivity contribution in [2.45, 2.75) is 124 Å². The van der Waals surface area contributed by atoms with Crippen LogP contribution in [0.2, 0.25) is 0 Å². The van der Waals surface area contributed by atoms with E-state index in [0.717, 1.165) is 45.1 Å². The van der Waals surface area contributed by atoms with Gasteiger partial charge in [-0.3, -0.25) is 19.3 Å². The van der Waals surface area contributed by atoms with Crippen molar-refractivity contribution in [3.63, 3.8) is 0 Å². The van der Waals surface area contributed by atoms with Gasteiger partial charge in [-0.05, 0) is 83.6 Å². The van der Waals surface area contributed by atoms with Gasteiger partial charge in [0, 0.05) is 25.2 Å². The minimum absolute atomic E-state index is 0.0304. The largest absolute Gasteiger partial charge is 0.464 e. The zero-order chi connectivity index (χ0) is 30.4. The van der Waals surface area contributed by atoms with Crippen LogP contribution in [0.25, 0.3) is 0 Å². The van der Waals surface area contributed by atoms with Crippen molar-refractivity contribution < 1.29 is 23.9 Å². The Balaban J connectivity index is 1.71. The molecule has 3 rings (SSSR count). The molecule has 0 bridgehead atoms. The summed E-state index contributed by atoms with van der Waals surface area (Å²) in [7, 11) is 1.75. The highest BCUT2D eigenvalue weighted by Crippen LogP contribution is 2.30. The second kappa shape index (κ2) is 14.7. The maximum absolute atomic E-state index is 13.9. The third-order valence-corrected chi connectivity index (χ3v) is 8.92. The van der Waals surface area contributed by atoms with E-state index in [1.165, 1.54) is 0 Å². The third-order valence-electron chi connectivity index (χ3n) is 8.92. The smallest absolute Gasteiger partial charge is 0.328 e. The zero-order valence-electron chi connectivity index (χ0n) is 26.7. The van der Waals surface area contributed by atoms with Crippen LogP contribution in [0.5, 0.6) is 0 Å². The van der Waals surface area contributed by atoms with E-state index in [1.807, 2.05) is 33.8 Å². The van der Waals surface area contributed by atoms with Gasteiger partial charge in [-0.1, -0.05) is 40.2 Å². The fraction of sp³-hybridized carbons (Fsp3) is 0.812. The highest BCUT2D eigenvalue weighted by Gasteiger charge is 2.38. The molecule has 0 aromatic carbocycles. The van der Waals surface area contributed by atoms with Crippen LogP contribution in [0.3, 0.4) is 0 Å². The summed E-state index contributed by atoms with van der Waals surface area (Å²) in [5, 5.41) is 3.09. The lowest BCUT2D eigenvalue weighted by Crippen LogP contribution is -2.58. The maximum atomic E-state index is 13.9. The Morgan fingerprint density at radius 1 is 0.902 bits per heavy atom. The van der Waals surface area contributed by atoms with Crippen LogP contribution in [0.4, 0.5) is 0 Å². The third kappa shape index (κ3) is 8.55. The number of likely N-dealkylation sites (N-methyl/N-ethyl adjacent to an activating group) is 1. The van der Waals surface area contributed by atoms with Gasteiger partial charge < -0.3 is 19.9 Å². The number of amides is 3. The Bertz CT molecular complexity index is 973. The summed E-state index contributed by atoms with van der Waals surface area (Å²) in [5.41, 5.74) is 0.505. The molecule has 0 aromatic heterocycles. The maximum Gasteiger partial charge on any atom is 0.328 e. The molecule has 0 aromatic rings. The SMILES string of the molecule is C/C(=C\[C@H](C(C)C)N(C)C(=O)C(NC(=O)[C@H]1CCCCN1C(C)C)C(C)C)C(=O)N1CCCC1C(=O)OCC1CC1. The number of esters is 1. The van der Waals surface area contributed by atoms with E-state index < -0.39 is 12.1 Å².